The molecular weight excluding hydrogens is 258 g/mol. The van der Waals surface area contributed by atoms with E-state index >= 15 is 0 Å². The van der Waals surface area contributed by atoms with Crippen LogP contribution in [0.5, 0.6) is 0 Å². The quantitative estimate of drug-likeness (QED) is 0.667. The molecule has 112 valence electrons. The Labute approximate surface area is 119 Å². The average molecular weight is 281 g/mol. The molecule has 0 radical (unpaired) electrons. The minimum atomic E-state index is -0.584. The van der Waals surface area contributed by atoms with E-state index in [1.54, 1.807) is 7.05 Å². The predicted molar refractivity (Wildman–Crippen MR) is 72.9 cm³/mol. The first-order chi connectivity index (χ1) is 9.35. The van der Waals surface area contributed by atoms with Gasteiger partial charge in [-0.1, -0.05) is 13.8 Å². The second-order valence-electron chi connectivity index (χ2n) is 6.86. The largest absolute Gasteiger partial charge is 0.392 e. The third-order valence-electron chi connectivity index (χ3n) is 4.74. The summed E-state index contributed by atoms with van der Waals surface area (Å²) in [5.41, 5.74) is -0.584. The maximum Gasteiger partial charge on any atom is 0.252 e. The fraction of sp³-hybridized carbons (Fsp3) is 0.857. The molecule has 20 heavy (non-hydrogen) atoms. The van der Waals surface area contributed by atoms with Crippen LogP contribution in [0.15, 0.2) is 0 Å². The zero-order chi connectivity index (χ0) is 14.7. The van der Waals surface area contributed by atoms with E-state index in [2.05, 4.69) is 18.7 Å². The summed E-state index contributed by atoms with van der Waals surface area (Å²) in [6.07, 6.45) is -0.0539. The van der Waals surface area contributed by atoms with E-state index < -0.39 is 11.6 Å². The standard InChI is InChI=1S/C14H23N3O3/c1-9(2)5-16-7-14(8-16)13(20)15(3)12(19)11-4-10(18)6-17(11)14/h9-11,18H,4-8H2,1-3H3. The van der Waals surface area contributed by atoms with Gasteiger partial charge in [0.2, 0.25) is 5.91 Å². The van der Waals surface area contributed by atoms with Crippen molar-refractivity contribution in [2.45, 2.75) is 38.0 Å². The minimum Gasteiger partial charge on any atom is -0.392 e. The third-order valence-corrected chi connectivity index (χ3v) is 4.74. The number of nitrogens with zero attached hydrogens (tertiary/aromatic N) is 3. The van der Waals surface area contributed by atoms with Gasteiger partial charge in [0.25, 0.3) is 5.91 Å². The summed E-state index contributed by atoms with van der Waals surface area (Å²) in [6, 6.07) is -0.325. The van der Waals surface area contributed by atoms with E-state index in [4.69, 9.17) is 0 Å². The van der Waals surface area contributed by atoms with Gasteiger partial charge in [0.05, 0.1) is 12.1 Å². The first-order valence-corrected chi connectivity index (χ1v) is 7.34. The fourth-order valence-corrected chi connectivity index (χ4v) is 3.94. The lowest BCUT2D eigenvalue weighted by Crippen LogP contribution is -2.81. The molecule has 0 aliphatic carbocycles. The topological polar surface area (TPSA) is 64.1 Å². The molecule has 3 fully saturated rings. The number of hydrogen-bond donors (Lipinski definition) is 1. The van der Waals surface area contributed by atoms with Gasteiger partial charge in [-0.05, 0) is 12.3 Å². The summed E-state index contributed by atoms with van der Waals surface area (Å²) in [5, 5.41) is 9.88. The fourth-order valence-electron chi connectivity index (χ4n) is 3.94. The number of carbonyl (C=O) groups is 2. The number of likely N-dealkylation sites (N-methyl/N-ethyl adjacent to an activating group) is 1. The van der Waals surface area contributed by atoms with Gasteiger partial charge < -0.3 is 5.11 Å². The molecule has 3 aliphatic rings. The number of piperazine rings is 1. The van der Waals surface area contributed by atoms with Crippen molar-refractivity contribution in [3.05, 3.63) is 0 Å². The van der Waals surface area contributed by atoms with Crippen molar-refractivity contribution in [3.8, 4) is 0 Å². The van der Waals surface area contributed by atoms with Crippen LogP contribution in [0.3, 0.4) is 0 Å². The highest BCUT2D eigenvalue weighted by molar-refractivity contribution is 6.05. The Bertz CT molecular complexity index is 445. The van der Waals surface area contributed by atoms with E-state index in [9.17, 15) is 14.7 Å². The van der Waals surface area contributed by atoms with Crippen molar-refractivity contribution in [2.75, 3.05) is 33.2 Å². The van der Waals surface area contributed by atoms with Crippen molar-refractivity contribution in [3.63, 3.8) is 0 Å². The number of fused-ring (bicyclic) bond motifs is 2. The van der Waals surface area contributed by atoms with E-state index in [0.29, 0.717) is 32.0 Å². The van der Waals surface area contributed by atoms with Crippen molar-refractivity contribution in [1.29, 1.82) is 0 Å². The number of amides is 2. The van der Waals surface area contributed by atoms with Crippen LogP contribution in [-0.2, 0) is 9.59 Å². The number of aliphatic hydroxyl groups is 1. The van der Waals surface area contributed by atoms with Gasteiger partial charge in [0.1, 0.15) is 5.54 Å². The molecule has 2 unspecified atom stereocenters. The van der Waals surface area contributed by atoms with E-state index in [0.717, 1.165) is 6.54 Å². The zero-order valence-electron chi connectivity index (χ0n) is 12.4. The normalized spacial score (nSPS) is 34.0. The van der Waals surface area contributed by atoms with Crippen LogP contribution in [0.4, 0.5) is 0 Å². The molecule has 3 rings (SSSR count). The van der Waals surface area contributed by atoms with Crippen LogP contribution < -0.4 is 0 Å². The van der Waals surface area contributed by atoms with Gasteiger partial charge in [-0.2, -0.15) is 0 Å². The Balaban J connectivity index is 1.83. The molecule has 2 amide bonds. The average Bonchev–Trinajstić information content (AvgIpc) is 2.71. The van der Waals surface area contributed by atoms with Crippen molar-refractivity contribution in [2.24, 2.45) is 5.92 Å². The molecule has 0 saturated carbocycles. The van der Waals surface area contributed by atoms with Crippen LogP contribution in [-0.4, -0.2) is 82.5 Å². The molecular formula is C14H23N3O3. The number of carbonyl (C=O) groups excluding carboxylic acids is 2. The van der Waals surface area contributed by atoms with Gasteiger partial charge in [-0.3, -0.25) is 24.3 Å². The molecule has 0 aromatic carbocycles. The summed E-state index contributed by atoms with van der Waals surface area (Å²) in [4.78, 5) is 30.2. The second-order valence-corrected chi connectivity index (χ2v) is 6.86. The SMILES string of the molecule is CC(C)CN1CC2(C1)C(=O)N(C)C(=O)C1CC(O)CN12. The summed E-state index contributed by atoms with van der Waals surface area (Å²) < 4.78 is 0. The molecule has 2 atom stereocenters. The van der Waals surface area contributed by atoms with Gasteiger partial charge in [-0.25, -0.2) is 0 Å². The molecule has 3 aliphatic heterocycles. The molecule has 3 heterocycles. The Hall–Kier alpha value is -0.980. The third kappa shape index (κ3) is 1.82. The molecule has 3 saturated heterocycles. The van der Waals surface area contributed by atoms with E-state index in [1.165, 1.54) is 4.90 Å². The summed E-state index contributed by atoms with van der Waals surface area (Å²) in [6.45, 7) is 7.06. The lowest BCUT2D eigenvalue weighted by Gasteiger charge is -2.58. The first kappa shape index (κ1) is 14.0. The summed E-state index contributed by atoms with van der Waals surface area (Å²) in [7, 11) is 1.57. The smallest absolute Gasteiger partial charge is 0.252 e. The molecule has 0 aromatic rings. The molecule has 0 bridgehead atoms. The molecule has 0 aromatic heterocycles. The maximum absolute atomic E-state index is 12.6. The van der Waals surface area contributed by atoms with Crippen molar-refractivity contribution in [1.82, 2.24) is 14.7 Å². The number of β-amino-alcohol motifs (C(OH)–C–C–N with tert-alkyl or cyclic N) is 1. The van der Waals surface area contributed by atoms with Gasteiger partial charge >= 0.3 is 0 Å². The highest BCUT2D eigenvalue weighted by Crippen LogP contribution is 2.39. The molecule has 6 heteroatoms. The van der Waals surface area contributed by atoms with Crippen molar-refractivity contribution < 1.29 is 14.7 Å². The zero-order valence-corrected chi connectivity index (χ0v) is 12.4. The number of rotatable bonds is 2. The lowest BCUT2D eigenvalue weighted by atomic mass is 9.82. The van der Waals surface area contributed by atoms with Gasteiger partial charge in [0.15, 0.2) is 0 Å². The monoisotopic (exact) mass is 281 g/mol. The van der Waals surface area contributed by atoms with E-state index in [-0.39, 0.29) is 17.9 Å². The number of hydrogen-bond acceptors (Lipinski definition) is 5. The van der Waals surface area contributed by atoms with Crippen LogP contribution in [0.2, 0.25) is 0 Å². The Morgan fingerprint density at radius 3 is 2.60 bits per heavy atom. The highest BCUT2D eigenvalue weighted by Gasteiger charge is 2.63. The number of imide groups is 1. The first-order valence-electron chi connectivity index (χ1n) is 7.34. The number of aliphatic hydroxyl groups excluding tert-OH is 1. The van der Waals surface area contributed by atoms with Gasteiger partial charge in [0, 0.05) is 33.2 Å². The Morgan fingerprint density at radius 1 is 1.35 bits per heavy atom. The Kier molecular flexibility index (Phi) is 3.15. The van der Waals surface area contributed by atoms with Crippen LogP contribution in [0.1, 0.15) is 20.3 Å². The van der Waals surface area contributed by atoms with E-state index in [1.807, 2.05) is 4.90 Å². The Morgan fingerprint density at radius 2 is 2.00 bits per heavy atom. The molecule has 6 nitrogen and oxygen atoms in total. The lowest BCUT2D eigenvalue weighted by molar-refractivity contribution is -0.178. The molecule has 1 spiro atoms. The van der Waals surface area contributed by atoms with Crippen LogP contribution in [0.25, 0.3) is 0 Å². The molecule has 1 N–H and O–H groups in total. The number of likely N-dealkylation sites (tertiary alicyclic amines) is 1. The highest BCUT2D eigenvalue weighted by atomic mass is 16.3. The predicted octanol–water partition coefficient (Wildman–Crippen LogP) is -0.869. The van der Waals surface area contributed by atoms with Crippen LogP contribution in [0, 0.1) is 5.92 Å². The summed E-state index contributed by atoms with van der Waals surface area (Å²) >= 11 is 0. The minimum absolute atomic E-state index is 0.104. The van der Waals surface area contributed by atoms with Crippen LogP contribution >= 0.6 is 0 Å². The second kappa shape index (κ2) is 4.51. The van der Waals surface area contributed by atoms with Crippen molar-refractivity contribution >= 4 is 11.8 Å². The maximum atomic E-state index is 12.6. The van der Waals surface area contributed by atoms with Gasteiger partial charge in [-0.15, -0.1) is 0 Å². The summed E-state index contributed by atoms with van der Waals surface area (Å²) in [5.74, 6) is 0.290.